The number of hydrogen-bond donors (Lipinski definition) is 0. The summed E-state index contributed by atoms with van der Waals surface area (Å²) in [6.45, 7) is 2.68. The second-order valence-corrected chi connectivity index (χ2v) is 5.60. The van der Waals surface area contributed by atoms with Gasteiger partial charge >= 0.3 is 0 Å². The molecule has 1 amide bonds. The minimum Gasteiger partial charge on any atom is -0.481 e. The summed E-state index contributed by atoms with van der Waals surface area (Å²) in [5, 5.41) is 7.89. The van der Waals surface area contributed by atoms with Gasteiger partial charge in [-0.1, -0.05) is 12.1 Å². The molecule has 0 radical (unpaired) electrons. The number of para-hydroxylation sites is 1. The monoisotopic (exact) mass is 331 g/mol. The van der Waals surface area contributed by atoms with Crippen LogP contribution in [0.25, 0.3) is 0 Å². The Morgan fingerprint density at radius 1 is 1.29 bits per heavy atom. The fraction of sp³-hybridized carbons (Fsp3) is 0.353. The lowest BCUT2D eigenvalue weighted by Gasteiger charge is -2.17. The first-order chi connectivity index (χ1) is 11.6. The zero-order valence-electron chi connectivity index (χ0n) is 13.3. The van der Waals surface area contributed by atoms with Crippen LogP contribution in [0.3, 0.4) is 0 Å². The predicted octanol–water partition coefficient (Wildman–Crippen LogP) is 1.98. The Bertz CT molecular complexity index is 708. The molecule has 1 fully saturated rings. The van der Waals surface area contributed by atoms with Crippen molar-refractivity contribution >= 4 is 5.91 Å². The molecule has 2 heterocycles. The van der Waals surface area contributed by atoms with Gasteiger partial charge in [0.15, 0.2) is 18.2 Å². The Hall–Kier alpha value is -2.70. The number of amides is 1. The number of halogens is 1. The number of carbonyl (C=O) groups excluding carboxylic acids is 1. The lowest BCUT2D eigenvalue weighted by atomic mass is 10.3. The Balaban J connectivity index is 1.49. The second kappa shape index (κ2) is 7.25. The molecule has 3 rings (SSSR count). The summed E-state index contributed by atoms with van der Waals surface area (Å²) >= 11 is 0. The highest BCUT2D eigenvalue weighted by Crippen LogP contribution is 2.18. The van der Waals surface area contributed by atoms with Crippen LogP contribution in [0.1, 0.15) is 12.1 Å². The van der Waals surface area contributed by atoms with Crippen molar-refractivity contribution in [3.05, 3.63) is 47.9 Å². The van der Waals surface area contributed by atoms with Crippen LogP contribution in [0.15, 0.2) is 36.4 Å². The molecule has 7 heteroatoms. The van der Waals surface area contributed by atoms with Crippen LogP contribution in [0.5, 0.6) is 11.6 Å². The highest BCUT2D eigenvalue weighted by Gasteiger charge is 2.28. The van der Waals surface area contributed by atoms with Crippen LogP contribution >= 0.6 is 0 Å². The van der Waals surface area contributed by atoms with Crippen LogP contribution in [-0.4, -0.2) is 46.8 Å². The Morgan fingerprint density at radius 2 is 2.12 bits per heavy atom. The van der Waals surface area contributed by atoms with Gasteiger partial charge < -0.3 is 14.4 Å². The molecule has 1 aromatic carbocycles. The zero-order chi connectivity index (χ0) is 16.9. The van der Waals surface area contributed by atoms with E-state index in [0.717, 1.165) is 5.69 Å². The number of rotatable bonds is 5. The molecule has 0 N–H and O–H groups in total. The first-order valence-corrected chi connectivity index (χ1v) is 7.74. The van der Waals surface area contributed by atoms with Gasteiger partial charge in [-0.25, -0.2) is 4.39 Å². The molecule has 0 saturated carbocycles. The van der Waals surface area contributed by atoms with E-state index in [1.54, 1.807) is 23.1 Å². The third kappa shape index (κ3) is 3.98. The van der Waals surface area contributed by atoms with E-state index in [0.29, 0.717) is 25.4 Å². The van der Waals surface area contributed by atoms with Crippen LogP contribution in [-0.2, 0) is 4.79 Å². The van der Waals surface area contributed by atoms with Gasteiger partial charge in [-0.3, -0.25) is 4.79 Å². The smallest absolute Gasteiger partial charge is 0.260 e. The van der Waals surface area contributed by atoms with Gasteiger partial charge in [0.1, 0.15) is 6.10 Å². The molecule has 1 saturated heterocycles. The number of likely N-dealkylation sites (tertiary alicyclic amines) is 1. The quantitative estimate of drug-likeness (QED) is 0.838. The summed E-state index contributed by atoms with van der Waals surface area (Å²) in [6, 6.07) is 9.60. The summed E-state index contributed by atoms with van der Waals surface area (Å²) in [7, 11) is 0. The number of carbonyl (C=O) groups is 1. The van der Waals surface area contributed by atoms with Crippen molar-refractivity contribution in [2.45, 2.75) is 19.4 Å². The van der Waals surface area contributed by atoms with E-state index < -0.39 is 5.82 Å². The van der Waals surface area contributed by atoms with Gasteiger partial charge in [0.25, 0.3) is 5.91 Å². The average molecular weight is 331 g/mol. The van der Waals surface area contributed by atoms with E-state index in [2.05, 4.69) is 10.2 Å². The summed E-state index contributed by atoms with van der Waals surface area (Å²) in [5.74, 6) is -0.152. The molecule has 1 unspecified atom stereocenters. The van der Waals surface area contributed by atoms with E-state index in [-0.39, 0.29) is 24.4 Å². The van der Waals surface area contributed by atoms with Crippen molar-refractivity contribution in [1.29, 1.82) is 0 Å². The normalized spacial score (nSPS) is 16.9. The van der Waals surface area contributed by atoms with Crippen LogP contribution in [0, 0.1) is 12.7 Å². The van der Waals surface area contributed by atoms with Crippen LogP contribution < -0.4 is 9.47 Å². The fourth-order valence-electron chi connectivity index (χ4n) is 2.46. The standard InChI is InChI=1S/C17H18FN3O3/c1-12-6-7-16(20-19-12)24-13-8-9-21(10-13)17(22)11-23-15-5-3-2-4-14(15)18/h2-7,13H,8-11H2,1H3. The maximum Gasteiger partial charge on any atom is 0.260 e. The third-order valence-corrected chi connectivity index (χ3v) is 3.75. The van der Waals surface area contributed by atoms with E-state index in [9.17, 15) is 9.18 Å². The summed E-state index contributed by atoms with van der Waals surface area (Å²) in [6.07, 6.45) is 0.584. The molecular formula is C17H18FN3O3. The molecule has 6 nitrogen and oxygen atoms in total. The van der Waals surface area contributed by atoms with Gasteiger partial charge in [-0.2, -0.15) is 5.10 Å². The lowest BCUT2D eigenvalue weighted by molar-refractivity contribution is -0.132. The minimum absolute atomic E-state index is 0.0766. The van der Waals surface area contributed by atoms with Crippen molar-refractivity contribution in [3.63, 3.8) is 0 Å². The molecular weight excluding hydrogens is 313 g/mol. The summed E-state index contributed by atoms with van der Waals surface area (Å²) in [5.41, 5.74) is 0.816. The molecule has 1 atom stereocenters. The van der Waals surface area contributed by atoms with Crippen molar-refractivity contribution in [2.24, 2.45) is 0 Å². The number of hydrogen-bond acceptors (Lipinski definition) is 5. The van der Waals surface area contributed by atoms with Crippen LogP contribution in [0.4, 0.5) is 4.39 Å². The van der Waals surface area contributed by atoms with E-state index in [1.165, 1.54) is 12.1 Å². The first kappa shape index (κ1) is 16.2. The molecule has 0 spiro atoms. The predicted molar refractivity (Wildman–Crippen MR) is 84.3 cm³/mol. The Labute approximate surface area is 139 Å². The summed E-state index contributed by atoms with van der Waals surface area (Å²) in [4.78, 5) is 13.8. The zero-order valence-corrected chi connectivity index (χ0v) is 13.3. The Morgan fingerprint density at radius 3 is 2.88 bits per heavy atom. The molecule has 2 aromatic rings. The van der Waals surface area contributed by atoms with Crippen molar-refractivity contribution < 1.29 is 18.7 Å². The van der Waals surface area contributed by atoms with Crippen molar-refractivity contribution in [1.82, 2.24) is 15.1 Å². The van der Waals surface area contributed by atoms with E-state index in [1.807, 2.05) is 13.0 Å². The van der Waals surface area contributed by atoms with Gasteiger partial charge in [-0.05, 0) is 25.1 Å². The van der Waals surface area contributed by atoms with E-state index >= 15 is 0 Å². The molecule has 24 heavy (non-hydrogen) atoms. The molecule has 1 aliphatic heterocycles. The van der Waals surface area contributed by atoms with Gasteiger partial charge in [0, 0.05) is 19.0 Å². The number of benzene rings is 1. The van der Waals surface area contributed by atoms with Gasteiger partial charge in [-0.15, -0.1) is 5.10 Å². The maximum atomic E-state index is 13.5. The maximum absolute atomic E-state index is 13.5. The lowest BCUT2D eigenvalue weighted by Crippen LogP contribution is -2.34. The number of aryl methyl sites for hydroxylation is 1. The minimum atomic E-state index is -0.481. The topological polar surface area (TPSA) is 64.5 Å². The molecule has 0 aliphatic carbocycles. The molecule has 1 aliphatic rings. The number of aromatic nitrogens is 2. The second-order valence-electron chi connectivity index (χ2n) is 5.60. The SMILES string of the molecule is Cc1ccc(OC2CCN(C(=O)COc3ccccc3F)C2)nn1. The molecule has 1 aromatic heterocycles. The number of ether oxygens (including phenoxy) is 2. The largest absolute Gasteiger partial charge is 0.481 e. The highest BCUT2D eigenvalue weighted by molar-refractivity contribution is 5.78. The van der Waals surface area contributed by atoms with Crippen LogP contribution in [0.2, 0.25) is 0 Å². The first-order valence-electron chi connectivity index (χ1n) is 7.74. The Kier molecular flexibility index (Phi) is 4.88. The van der Waals surface area contributed by atoms with Gasteiger partial charge in [0.2, 0.25) is 5.88 Å². The van der Waals surface area contributed by atoms with Crippen molar-refractivity contribution in [3.8, 4) is 11.6 Å². The van der Waals surface area contributed by atoms with E-state index in [4.69, 9.17) is 9.47 Å². The third-order valence-electron chi connectivity index (χ3n) is 3.75. The molecule has 0 bridgehead atoms. The molecule has 126 valence electrons. The summed E-state index contributed by atoms with van der Waals surface area (Å²) < 4.78 is 24.4. The fourth-order valence-corrected chi connectivity index (χ4v) is 2.46. The number of nitrogens with zero attached hydrogens (tertiary/aromatic N) is 3. The highest BCUT2D eigenvalue weighted by atomic mass is 19.1. The van der Waals surface area contributed by atoms with Gasteiger partial charge in [0.05, 0.1) is 12.2 Å². The average Bonchev–Trinajstić information content (AvgIpc) is 3.05. The van der Waals surface area contributed by atoms with Crippen molar-refractivity contribution in [2.75, 3.05) is 19.7 Å².